The van der Waals surface area contributed by atoms with Gasteiger partial charge in [-0.2, -0.15) is 13.5 Å². The molecule has 0 radical (unpaired) electrons. The highest BCUT2D eigenvalue weighted by Crippen LogP contribution is 2.34. The topological polar surface area (TPSA) is 67.8 Å². The highest BCUT2D eigenvalue weighted by Gasteiger charge is 2.11. The van der Waals surface area contributed by atoms with E-state index in [0.717, 1.165) is 0 Å². The summed E-state index contributed by atoms with van der Waals surface area (Å²) in [5.41, 5.74) is 0.690. The predicted octanol–water partition coefficient (Wildman–Crippen LogP) is 4.09. The van der Waals surface area contributed by atoms with Crippen molar-refractivity contribution in [3.8, 4) is 5.75 Å². The number of sulfonamides is 1. The van der Waals surface area contributed by atoms with Crippen LogP contribution in [0.2, 0.25) is 0 Å². The smallest absolute Gasteiger partial charge is 0.276 e. The average molecular weight is 474 g/mol. The van der Waals surface area contributed by atoms with Crippen molar-refractivity contribution in [1.29, 1.82) is 0 Å². The summed E-state index contributed by atoms with van der Waals surface area (Å²) in [4.78, 5) is 2.33. The number of hydrazone groups is 1. The van der Waals surface area contributed by atoms with E-state index in [9.17, 15) is 8.42 Å². The second-order valence-corrected chi connectivity index (χ2v) is 7.95. The number of nitrogens with zero attached hydrogens (tertiary/aromatic N) is 1. The highest BCUT2D eigenvalue weighted by molar-refractivity contribution is 9.11. The number of hydrogen-bond acceptors (Lipinski definition) is 4. The van der Waals surface area contributed by atoms with Crippen LogP contribution < -0.4 is 9.57 Å². The maximum absolute atomic E-state index is 12.1. The molecule has 0 spiro atoms. The Morgan fingerprint density at radius 3 is 2.38 bits per heavy atom. The van der Waals surface area contributed by atoms with E-state index in [4.69, 9.17) is 4.74 Å². The monoisotopic (exact) mass is 472 g/mol. The van der Waals surface area contributed by atoms with Crippen LogP contribution in [0.25, 0.3) is 0 Å². The van der Waals surface area contributed by atoms with Gasteiger partial charge in [0.1, 0.15) is 12.4 Å². The van der Waals surface area contributed by atoms with Crippen molar-refractivity contribution < 1.29 is 13.2 Å². The molecule has 126 valence electrons. The quantitative estimate of drug-likeness (QED) is 0.374. The summed E-state index contributed by atoms with van der Waals surface area (Å²) < 4.78 is 31.1. The van der Waals surface area contributed by atoms with E-state index in [1.807, 2.05) is 0 Å². The van der Waals surface area contributed by atoms with Crippen LogP contribution in [0.15, 0.2) is 74.1 Å². The summed E-state index contributed by atoms with van der Waals surface area (Å²) in [7, 11) is -3.68. The summed E-state index contributed by atoms with van der Waals surface area (Å²) in [6.45, 7) is 3.98. The Balaban J connectivity index is 2.14. The normalized spacial score (nSPS) is 11.4. The van der Waals surface area contributed by atoms with Gasteiger partial charge in [0.25, 0.3) is 10.0 Å². The van der Waals surface area contributed by atoms with E-state index >= 15 is 0 Å². The molecule has 0 amide bonds. The van der Waals surface area contributed by atoms with Gasteiger partial charge in [-0.25, -0.2) is 4.83 Å². The Bertz CT molecular complexity index is 830. The highest BCUT2D eigenvalue weighted by atomic mass is 79.9. The summed E-state index contributed by atoms with van der Waals surface area (Å²) in [6.07, 6.45) is 3.06. The lowest BCUT2D eigenvalue weighted by Gasteiger charge is -2.09. The fraction of sp³-hybridized carbons (Fsp3) is 0.0625. The first-order valence-electron chi connectivity index (χ1n) is 6.76. The van der Waals surface area contributed by atoms with Crippen LogP contribution in [-0.4, -0.2) is 21.2 Å². The molecular formula is C16H14Br2N2O3S. The van der Waals surface area contributed by atoms with Gasteiger partial charge in [-0.3, -0.25) is 0 Å². The van der Waals surface area contributed by atoms with E-state index in [2.05, 4.69) is 48.4 Å². The molecule has 8 heteroatoms. The van der Waals surface area contributed by atoms with Crippen LogP contribution >= 0.6 is 31.9 Å². The van der Waals surface area contributed by atoms with Gasteiger partial charge in [0, 0.05) is 0 Å². The minimum absolute atomic E-state index is 0.151. The fourth-order valence-electron chi connectivity index (χ4n) is 1.76. The average Bonchev–Trinajstić information content (AvgIpc) is 2.55. The number of ether oxygens (including phenoxy) is 1. The van der Waals surface area contributed by atoms with Gasteiger partial charge in [0.05, 0.1) is 20.1 Å². The van der Waals surface area contributed by atoms with Gasteiger partial charge in [-0.15, -0.1) is 0 Å². The first-order chi connectivity index (χ1) is 11.4. The molecule has 0 saturated carbocycles. The second-order valence-electron chi connectivity index (χ2n) is 4.58. The molecule has 0 aromatic heterocycles. The third kappa shape index (κ3) is 4.93. The number of rotatable bonds is 7. The van der Waals surface area contributed by atoms with E-state index < -0.39 is 10.0 Å². The lowest BCUT2D eigenvalue weighted by Crippen LogP contribution is -2.18. The summed E-state index contributed by atoms with van der Waals surface area (Å²) in [5.74, 6) is 0.636. The minimum atomic E-state index is -3.68. The number of nitrogens with one attached hydrogen (secondary N) is 1. The molecule has 0 aliphatic carbocycles. The van der Waals surface area contributed by atoms with Crippen molar-refractivity contribution in [3.63, 3.8) is 0 Å². The zero-order valence-electron chi connectivity index (χ0n) is 12.4. The van der Waals surface area contributed by atoms with Gasteiger partial charge >= 0.3 is 0 Å². The molecule has 24 heavy (non-hydrogen) atoms. The Kier molecular flexibility index (Phi) is 6.59. The lowest BCUT2D eigenvalue weighted by atomic mass is 10.2. The number of hydrogen-bond donors (Lipinski definition) is 1. The molecule has 2 rings (SSSR count). The molecule has 0 unspecified atom stereocenters. The second kappa shape index (κ2) is 8.46. The fourth-order valence-corrected chi connectivity index (χ4v) is 4.02. The first-order valence-corrected chi connectivity index (χ1v) is 9.83. The zero-order valence-corrected chi connectivity index (χ0v) is 16.4. The molecule has 0 heterocycles. The Labute approximate surface area is 157 Å². The maximum Gasteiger partial charge on any atom is 0.276 e. The molecule has 0 saturated heterocycles. The molecule has 2 aromatic carbocycles. The van der Waals surface area contributed by atoms with Gasteiger partial charge in [0.15, 0.2) is 0 Å². The zero-order chi connectivity index (χ0) is 17.6. The van der Waals surface area contributed by atoms with E-state index in [0.29, 0.717) is 26.9 Å². The van der Waals surface area contributed by atoms with Crippen molar-refractivity contribution in [3.05, 3.63) is 69.6 Å². The molecule has 1 N–H and O–H groups in total. The first kappa shape index (κ1) is 18.7. The molecule has 0 aliphatic heterocycles. The maximum atomic E-state index is 12.1. The van der Waals surface area contributed by atoms with Crippen molar-refractivity contribution >= 4 is 48.1 Å². The molecule has 0 bridgehead atoms. The Morgan fingerprint density at radius 2 is 1.79 bits per heavy atom. The van der Waals surface area contributed by atoms with Crippen molar-refractivity contribution in [2.75, 3.05) is 6.61 Å². The molecule has 0 aliphatic rings. The van der Waals surface area contributed by atoms with Gasteiger partial charge in [-0.1, -0.05) is 30.9 Å². The third-order valence-electron chi connectivity index (χ3n) is 2.81. The predicted molar refractivity (Wildman–Crippen MR) is 102 cm³/mol. The summed E-state index contributed by atoms with van der Waals surface area (Å²) in [5, 5.41) is 3.80. The SMILES string of the molecule is C=CCOc1c(Br)cc(/C=N/NS(=O)(=O)c2ccccc2)cc1Br. The van der Waals surface area contributed by atoms with Crippen molar-refractivity contribution in [1.82, 2.24) is 4.83 Å². The van der Waals surface area contributed by atoms with Gasteiger partial charge < -0.3 is 4.74 Å². The Hall–Kier alpha value is -1.64. The lowest BCUT2D eigenvalue weighted by molar-refractivity contribution is 0.358. The van der Waals surface area contributed by atoms with Crippen molar-refractivity contribution in [2.45, 2.75) is 4.90 Å². The number of halogens is 2. The van der Waals surface area contributed by atoms with Crippen LogP contribution in [0.4, 0.5) is 0 Å². The van der Waals surface area contributed by atoms with Gasteiger partial charge in [0.2, 0.25) is 0 Å². The Morgan fingerprint density at radius 1 is 1.17 bits per heavy atom. The minimum Gasteiger partial charge on any atom is -0.487 e. The van der Waals surface area contributed by atoms with E-state index in [1.54, 1.807) is 36.4 Å². The van der Waals surface area contributed by atoms with Crippen LogP contribution in [0.3, 0.4) is 0 Å². The van der Waals surface area contributed by atoms with Gasteiger partial charge in [-0.05, 0) is 61.7 Å². The summed E-state index contributed by atoms with van der Waals surface area (Å²) in [6, 6.07) is 11.6. The largest absolute Gasteiger partial charge is 0.487 e. The van der Waals surface area contributed by atoms with Crippen LogP contribution in [0, 0.1) is 0 Å². The van der Waals surface area contributed by atoms with E-state index in [-0.39, 0.29) is 4.90 Å². The summed E-state index contributed by atoms with van der Waals surface area (Å²) >= 11 is 6.81. The number of benzene rings is 2. The standard InChI is InChI=1S/C16H14Br2N2O3S/c1-2-8-23-16-14(17)9-12(10-15(16)18)11-19-20-24(21,22)13-6-4-3-5-7-13/h2-7,9-11,20H,1,8H2/b19-11+. The van der Waals surface area contributed by atoms with Crippen LogP contribution in [-0.2, 0) is 10.0 Å². The molecule has 0 atom stereocenters. The third-order valence-corrected chi connectivity index (χ3v) is 5.22. The van der Waals surface area contributed by atoms with Crippen LogP contribution in [0.1, 0.15) is 5.56 Å². The molecule has 2 aromatic rings. The van der Waals surface area contributed by atoms with E-state index in [1.165, 1.54) is 18.3 Å². The van der Waals surface area contributed by atoms with Crippen molar-refractivity contribution in [2.24, 2.45) is 5.10 Å². The molecule has 0 fully saturated rings. The molecule has 5 nitrogen and oxygen atoms in total. The molecular weight excluding hydrogens is 460 g/mol. The van der Waals surface area contributed by atoms with Crippen LogP contribution in [0.5, 0.6) is 5.75 Å².